The molecule has 0 aliphatic carbocycles. The van der Waals surface area contributed by atoms with Crippen molar-refractivity contribution in [2.45, 2.75) is 29.7 Å². The fourth-order valence-corrected chi connectivity index (χ4v) is 5.96. The molecule has 1 amide bonds. The van der Waals surface area contributed by atoms with Gasteiger partial charge in [0.2, 0.25) is 5.91 Å². The minimum Gasteiger partial charge on any atom is -0.344 e. The number of nitrogens with zero attached hydrogens (tertiary/aromatic N) is 1. The van der Waals surface area contributed by atoms with Crippen molar-refractivity contribution in [3.05, 3.63) is 125 Å². The molecule has 5 nitrogen and oxygen atoms in total. The van der Waals surface area contributed by atoms with Crippen molar-refractivity contribution in [1.82, 2.24) is 5.32 Å². The summed E-state index contributed by atoms with van der Waals surface area (Å²) in [4.78, 5) is 14.6. The molecule has 0 radical (unpaired) electrons. The molecule has 37 heavy (non-hydrogen) atoms. The monoisotopic (exact) mass is 530 g/mol. The van der Waals surface area contributed by atoms with Gasteiger partial charge in [0.15, 0.2) is 0 Å². The molecule has 0 fully saturated rings. The Morgan fingerprint density at radius 3 is 2.08 bits per heavy atom. The van der Waals surface area contributed by atoms with Crippen LogP contribution in [0.3, 0.4) is 0 Å². The number of nitrogens with one attached hydrogen (secondary N) is 1. The van der Waals surface area contributed by atoms with Crippen LogP contribution in [0.2, 0.25) is 0 Å². The van der Waals surface area contributed by atoms with Crippen LogP contribution in [0.4, 0.5) is 5.69 Å². The highest BCUT2D eigenvalue weighted by Crippen LogP contribution is 2.28. The number of amides is 1. The maximum Gasteiger partial charge on any atom is 0.264 e. The smallest absolute Gasteiger partial charge is 0.264 e. The van der Waals surface area contributed by atoms with E-state index in [1.807, 2.05) is 86.8 Å². The van der Waals surface area contributed by atoms with Gasteiger partial charge in [-0.15, -0.1) is 11.8 Å². The summed E-state index contributed by atoms with van der Waals surface area (Å²) in [6, 6.07) is 31.0. The number of carbonyl (C=O) groups is 1. The molecule has 0 aliphatic rings. The van der Waals surface area contributed by atoms with E-state index in [4.69, 9.17) is 0 Å². The quantitative estimate of drug-likeness (QED) is 0.265. The van der Waals surface area contributed by atoms with Gasteiger partial charge in [-0.25, -0.2) is 8.42 Å². The van der Waals surface area contributed by atoms with Crippen LogP contribution < -0.4 is 9.62 Å². The lowest BCUT2D eigenvalue weighted by Crippen LogP contribution is -2.42. The Labute approximate surface area is 223 Å². The molecule has 4 aromatic carbocycles. The van der Waals surface area contributed by atoms with Crippen LogP contribution in [-0.2, 0) is 14.8 Å². The second-order valence-corrected chi connectivity index (χ2v) is 11.5. The van der Waals surface area contributed by atoms with E-state index in [0.29, 0.717) is 5.69 Å². The number of benzene rings is 4. The molecule has 0 saturated carbocycles. The molecule has 4 aromatic rings. The summed E-state index contributed by atoms with van der Waals surface area (Å²) in [5, 5.41) is 3.10. The Morgan fingerprint density at radius 1 is 0.838 bits per heavy atom. The van der Waals surface area contributed by atoms with Gasteiger partial charge in [-0.3, -0.25) is 9.10 Å². The lowest BCUT2D eigenvalue weighted by molar-refractivity contribution is -0.120. The van der Waals surface area contributed by atoms with Crippen molar-refractivity contribution in [2.24, 2.45) is 0 Å². The lowest BCUT2D eigenvalue weighted by Gasteiger charge is -2.27. The van der Waals surface area contributed by atoms with Crippen LogP contribution in [0, 0.1) is 13.8 Å². The lowest BCUT2D eigenvalue weighted by atomic mass is 9.95. The zero-order valence-corrected chi connectivity index (χ0v) is 22.7. The van der Waals surface area contributed by atoms with Crippen molar-refractivity contribution >= 4 is 33.4 Å². The number of thioether (sulfide) groups is 1. The highest BCUT2D eigenvalue weighted by molar-refractivity contribution is 7.98. The standard InChI is InChI=1S/C30H30N2O3S2/c1-22-13-15-25(16-14-22)32(37(34,35)27-19-17-26(36-3)18-20-27)21-29(33)31-30(24-10-5-4-6-11-24)28-12-8-7-9-23(28)2/h4-20,30H,21H2,1-3H3,(H,31,33)/t30-/m1/s1. The Balaban J connectivity index is 1.69. The summed E-state index contributed by atoms with van der Waals surface area (Å²) in [7, 11) is -4.00. The SMILES string of the molecule is CSc1ccc(S(=O)(=O)N(CC(=O)N[C@H](c2ccccc2)c2ccccc2C)c2ccc(C)cc2)cc1. The normalized spacial score (nSPS) is 12.1. The van der Waals surface area contributed by atoms with E-state index >= 15 is 0 Å². The van der Waals surface area contributed by atoms with Crippen LogP contribution in [0.5, 0.6) is 0 Å². The molecular weight excluding hydrogens is 500 g/mol. The second kappa shape index (κ2) is 11.7. The number of rotatable bonds is 9. The molecule has 0 bridgehead atoms. The number of hydrogen-bond acceptors (Lipinski definition) is 4. The molecule has 0 aromatic heterocycles. The first-order valence-electron chi connectivity index (χ1n) is 11.9. The van der Waals surface area contributed by atoms with E-state index in [0.717, 1.165) is 27.1 Å². The minimum atomic E-state index is -4.00. The van der Waals surface area contributed by atoms with Gasteiger partial charge in [0, 0.05) is 4.90 Å². The molecule has 1 atom stereocenters. The van der Waals surface area contributed by atoms with Crippen LogP contribution >= 0.6 is 11.8 Å². The Kier molecular flexibility index (Phi) is 8.36. The first kappa shape index (κ1) is 26.5. The molecule has 0 spiro atoms. The average molecular weight is 531 g/mol. The van der Waals surface area contributed by atoms with Gasteiger partial charge >= 0.3 is 0 Å². The number of aryl methyl sites for hydroxylation is 2. The summed E-state index contributed by atoms with van der Waals surface area (Å²) in [6.07, 6.45) is 1.93. The summed E-state index contributed by atoms with van der Waals surface area (Å²) < 4.78 is 28.7. The van der Waals surface area contributed by atoms with Crippen molar-refractivity contribution in [1.29, 1.82) is 0 Å². The maximum atomic E-state index is 13.8. The predicted octanol–water partition coefficient (Wildman–Crippen LogP) is 6.13. The molecule has 4 rings (SSSR count). The number of carbonyl (C=O) groups excluding carboxylic acids is 1. The Morgan fingerprint density at radius 2 is 1.46 bits per heavy atom. The molecule has 0 saturated heterocycles. The zero-order chi connectivity index (χ0) is 26.4. The van der Waals surface area contributed by atoms with Crippen molar-refractivity contribution < 1.29 is 13.2 Å². The predicted molar refractivity (Wildman–Crippen MR) is 152 cm³/mol. The van der Waals surface area contributed by atoms with Gasteiger partial charge in [-0.05, 0) is 73.2 Å². The second-order valence-electron chi connectivity index (χ2n) is 8.79. The van der Waals surface area contributed by atoms with Gasteiger partial charge in [0.25, 0.3) is 10.0 Å². The van der Waals surface area contributed by atoms with Gasteiger partial charge in [0.1, 0.15) is 6.54 Å². The molecule has 0 aliphatic heterocycles. The largest absolute Gasteiger partial charge is 0.344 e. The van der Waals surface area contributed by atoms with E-state index in [1.165, 1.54) is 16.1 Å². The van der Waals surface area contributed by atoms with E-state index < -0.39 is 22.0 Å². The molecular formula is C30H30N2O3S2. The molecule has 0 unspecified atom stereocenters. The third-order valence-electron chi connectivity index (χ3n) is 6.19. The van der Waals surface area contributed by atoms with Gasteiger partial charge in [0.05, 0.1) is 16.6 Å². The fourth-order valence-electron chi connectivity index (χ4n) is 4.13. The average Bonchev–Trinajstić information content (AvgIpc) is 2.92. The van der Waals surface area contributed by atoms with Crippen LogP contribution in [0.25, 0.3) is 0 Å². The van der Waals surface area contributed by atoms with Crippen LogP contribution in [-0.4, -0.2) is 27.1 Å². The fraction of sp³-hybridized carbons (Fsp3) is 0.167. The zero-order valence-electron chi connectivity index (χ0n) is 21.1. The van der Waals surface area contributed by atoms with E-state index in [9.17, 15) is 13.2 Å². The molecule has 190 valence electrons. The van der Waals surface area contributed by atoms with Crippen molar-refractivity contribution in [3.8, 4) is 0 Å². The van der Waals surface area contributed by atoms with Crippen molar-refractivity contribution in [2.75, 3.05) is 17.1 Å². The maximum absolute atomic E-state index is 13.8. The Bertz CT molecular complexity index is 1450. The van der Waals surface area contributed by atoms with E-state index in [2.05, 4.69) is 5.32 Å². The van der Waals surface area contributed by atoms with Crippen LogP contribution in [0.15, 0.2) is 113 Å². The van der Waals surface area contributed by atoms with Gasteiger partial charge in [-0.2, -0.15) is 0 Å². The number of anilines is 1. The van der Waals surface area contributed by atoms with Gasteiger partial charge in [-0.1, -0.05) is 72.3 Å². The first-order chi connectivity index (χ1) is 17.8. The minimum absolute atomic E-state index is 0.136. The van der Waals surface area contributed by atoms with E-state index in [1.54, 1.807) is 36.4 Å². The molecule has 0 heterocycles. The first-order valence-corrected chi connectivity index (χ1v) is 14.6. The van der Waals surface area contributed by atoms with Crippen LogP contribution in [0.1, 0.15) is 28.3 Å². The summed E-state index contributed by atoms with van der Waals surface area (Å²) in [5.41, 5.74) is 4.34. The number of hydrogen-bond donors (Lipinski definition) is 1. The van der Waals surface area contributed by atoms with Gasteiger partial charge < -0.3 is 5.32 Å². The summed E-state index contributed by atoms with van der Waals surface area (Å²) in [5.74, 6) is -0.401. The number of sulfonamides is 1. The topological polar surface area (TPSA) is 66.5 Å². The molecule has 1 N–H and O–H groups in total. The highest BCUT2D eigenvalue weighted by Gasteiger charge is 2.28. The Hall–Kier alpha value is -3.55. The van der Waals surface area contributed by atoms with Crippen molar-refractivity contribution in [3.63, 3.8) is 0 Å². The summed E-state index contributed by atoms with van der Waals surface area (Å²) in [6.45, 7) is 3.58. The van der Waals surface area contributed by atoms with E-state index in [-0.39, 0.29) is 11.4 Å². The third kappa shape index (κ3) is 6.24. The molecule has 7 heteroatoms. The summed E-state index contributed by atoms with van der Waals surface area (Å²) >= 11 is 1.54. The third-order valence-corrected chi connectivity index (χ3v) is 8.73. The highest BCUT2D eigenvalue weighted by atomic mass is 32.2.